The summed E-state index contributed by atoms with van der Waals surface area (Å²) in [6.45, 7) is 0.442. The molecule has 0 unspecified atom stereocenters. The lowest BCUT2D eigenvalue weighted by Crippen LogP contribution is -2.23. The number of methoxy groups -OCH3 is 1. The molecule has 0 bridgehead atoms. The highest BCUT2D eigenvalue weighted by molar-refractivity contribution is 7.98. The van der Waals surface area contributed by atoms with Gasteiger partial charge in [0.2, 0.25) is 5.91 Å². The lowest BCUT2D eigenvalue weighted by Gasteiger charge is -2.08. The fraction of sp³-hybridized carbons (Fsp3) is 0.217. The zero-order valence-corrected chi connectivity index (χ0v) is 16.8. The fourth-order valence-corrected chi connectivity index (χ4v) is 3.36. The quantitative estimate of drug-likeness (QED) is 0.439. The van der Waals surface area contributed by atoms with E-state index < -0.39 is 0 Å². The number of Topliss-reactive ketones (excluding diaryl/α,β-unsaturated/α-hetero) is 1. The summed E-state index contributed by atoms with van der Waals surface area (Å²) >= 11 is 1.63. The van der Waals surface area contributed by atoms with Gasteiger partial charge in [-0.1, -0.05) is 30.3 Å². The van der Waals surface area contributed by atoms with Gasteiger partial charge in [0.15, 0.2) is 5.78 Å². The Morgan fingerprint density at radius 1 is 0.929 bits per heavy atom. The normalized spacial score (nSPS) is 10.6. The largest absolute Gasteiger partial charge is 0.497 e. The van der Waals surface area contributed by atoms with Gasteiger partial charge >= 0.3 is 0 Å². The molecule has 28 heavy (non-hydrogen) atoms. The van der Waals surface area contributed by atoms with Crippen molar-refractivity contribution < 1.29 is 14.3 Å². The van der Waals surface area contributed by atoms with E-state index in [2.05, 4.69) is 5.32 Å². The van der Waals surface area contributed by atoms with E-state index in [1.165, 1.54) is 0 Å². The minimum absolute atomic E-state index is 0.0116. The SMILES string of the molecule is COc1ccc2cc(CNC(=O)CCC(=O)c3ccc(SC)cc3)ccc2c1. The van der Waals surface area contributed by atoms with Gasteiger partial charge in [-0.15, -0.1) is 11.8 Å². The van der Waals surface area contributed by atoms with Crippen molar-refractivity contribution in [2.75, 3.05) is 13.4 Å². The third-order valence-electron chi connectivity index (χ3n) is 4.59. The zero-order valence-electron chi connectivity index (χ0n) is 16.0. The molecule has 4 nitrogen and oxygen atoms in total. The monoisotopic (exact) mass is 393 g/mol. The first-order valence-electron chi connectivity index (χ1n) is 9.09. The van der Waals surface area contributed by atoms with Crippen LogP contribution in [-0.2, 0) is 11.3 Å². The van der Waals surface area contributed by atoms with Crippen molar-refractivity contribution in [1.82, 2.24) is 5.32 Å². The van der Waals surface area contributed by atoms with Gasteiger partial charge in [-0.05, 0) is 52.9 Å². The van der Waals surface area contributed by atoms with Crippen molar-refractivity contribution in [1.29, 1.82) is 0 Å². The third kappa shape index (κ3) is 5.14. The van der Waals surface area contributed by atoms with Crippen molar-refractivity contribution in [3.63, 3.8) is 0 Å². The molecule has 0 radical (unpaired) electrons. The number of carbonyl (C=O) groups excluding carboxylic acids is 2. The van der Waals surface area contributed by atoms with Crippen LogP contribution < -0.4 is 10.1 Å². The number of fused-ring (bicyclic) bond motifs is 1. The molecule has 3 aromatic carbocycles. The second kappa shape index (κ2) is 9.42. The van der Waals surface area contributed by atoms with Crippen molar-refractivity contribution in [2.24, 2.45) is 0 Å². The molecule has 1 amide bonds. The highest BCUT2D eigenvalue weighted by Crippen LogP contribution is 2.22. The minimum Gasteiger partial charge on any atom is -0.497 e. The van der Waals surface area contributed by atoms with E-state index in [0.29, 0.717) is 12.1 Å². The summed E-state index contributed by atoms with van der Waals surface area (Å²) in [5.74, 6) is 0.688. The zero-order chi connectivity index (χ0) is 19.9. The van der Waals surface area contributed by atoms with Crippen LogP contribution in [0.25, 0.3) is 10.8 Å². The Morgan fingerprint density at radius 2 is 1.64 bits per heavy atom. The van der Waals surface area contributed by atoms with Crippen LogP contribution in [0.2, 0.25) is 0 Å². The highest BCUT2D eigenvalue weighted by Gasteiger charge is 2.09. The van der Waals surface area contributed by atoms with E-state index >= 15 is 0 Å². The average Bonchev–Trinajstić information content (AvgIpc) is 2.75. The molecule has 5 heteroatoms. The Hall–Kier alpha value is -2.79. The first-order valence-corrected chi connectivity index (χ1v) is 10.3. The Kier molecular flexibility index (Phi) is 6.71. The van der Waals surface area contributed by atoms with E-state index in [1.807, 2.05) is 66.9 Å². The minimum atomic E-state index is -0.121. The van der Waals surface area contributed by atoms with Gasteiger partial charge in [0.25, 0.3) is 0 Å². The molecule has 0 atom stereocenters. The van der Waals surface area contributed by atoms with Crippen LogP contribution in [0.3, 0.4) is 0 Å². The van der Waals surface area contributed by atoms with Crippen LogP contribution in [0.15, 0.2) is 65.6 Å². The predicted octanol–water partition coefficient (Wildman–Crippen LogP) is 4.85. The van der Waals surface area contributed by atoms with Gasteiger partial charge in [-0.25, -0.2) is 0 Å². The van der Waals surface area contributed by atoms with E-state index in [-0.39, 0.29) is 24.5 Å². The second-order valence-corrected chi connectivity index (χ2v) is 7.36. The summed E-state index contributed by atoms with van der Waals surface area (Å²) in [7, 11) is 1.65. The number of carbonyl (C=O) groups is 2. The fourth-order valence-electron chi connectivity index (χ4n) is 2.95. The molecule has 3 aromatic rings. The molecule has 144 valence electrons. The summed E-state index contributed by atoms with van der Waals surface area (Å²) in [4.78, 5) is 25.5. The summed E-state index contributed by atoms with van der Waals surface area (Å²) in [5, 5.41) is 5.08. The standard InChI is InChI=1S/C23H23NO3S/c1-27-20-8-5-18-13-16(3-4-19(18)14-20)15-24-23(26)12-11-22(25)17-6-9-21(28-2)10-7-17/h3-10,13-14H,11-12,15H2,1-2H3,(H,24,26). The first kappa shape index (κ1) is 20.0. The number of nitrogens with one attached hydrogen (secondary N) is 1. The molecule has 0 aromatic heterocycles. The van der Waals surface area contributed by atoms with Crippen LogP contribution in [-0.4, -0.2) is 25.1 Å². The number of ether oxygens (including phenoxy) is 1. The molecular weight excluding hydrogens is 370 g/mol. The van der Waals surface area contributed by atoms with Gasteiger partial charge in [0.05, 0.1) is 7.11 Å². The Bertz CT molecular complexity index is 983. The van der Waals surface area contributed by atoms with E-state index in [0.717, 1.165) is 27.0 Å². The highest BCUT2D eigenvalue weighted by atomic mass is 32.2. The molecule has 0 spiro atoms. The topological polar surface area (TPSA) is 55.4 Å². The van der Waals surface area contributed by atoms with Gasteiger partial charge in [-0.3, -0.25) is 9.59 Å². The van der Waals surface area contributed by atoms with Crippen LogP contribution >= 0.6 is 11.8 Å². The second-order valence-electron chi connectivity index (χ2n) is 6.48. The number of rotatable bonds is 8. The maximum absolute atomic E-state index is 12.2. The number of benzene rings is 3. The molecule has 0 fully saturated rings. The Morgan fingerprint density at radius 3 is 2.36 bits per heavy atom. The maximum atomic E-state index is 12.2. The van der Waals surface area contributed by atoms with Crippen LogP contribution in [0, 0.1) is 0 Å². The number of amides is 1. The van der Waals surface area contributed by atoms with Crippen molar-refractivity contribution >= 4 is 34.2 Å². The van der Waals surface area contributed by atoms with Gasteiger partial charge in [-0.2, -0.15) is 0 Å². The molecule has 0 saturated carbocycles. The van der Waals surface area contributed by atoms with Gasteiger partial charge in [0.1, 0.15) is 5.75 Å². The molecule has 0 aliphatic rings. The molecular formula is C23H23NO3S. The van der Waals surface area contributed by atoms with Crippen LogP contribution in [0.1, 0.15) is 28.8 Å². The van der Waals surface area contributed by atoms with Crippen molar-refractivity contribution in [3.8, 4) is 5.75 Å². The lowest BCUT2D eigenvalue weighted by molar-refractivity contribution is -0.121. The number of thioether (sulfide) groups is 1. The summed E-state index contributed by atoms with van der Waals surface area (Å²) in [6.07, 6.45) is 2.39. The predicted molar refractivity (Wildman–Crippen MR) is 114 cm³/mol. The molecule has 0 saturated heterocycles. The van der Waals surface area contributed by atoms with Crippen LogP contribution in [0.4, 0.5) is 0 Å². The maximum Gasteiger partial charge on any atom is 0.220 e. The summed E-state index contributed by atoms with van der Waals surface area (Å²) in [5.41, 5.74) is 1.67. The molecule has 1 N–H and O–H groups in total. The van der Waals surface area contributed by atoms with E-state index in [9.17, 15) is 9.59 Å². The lowest BCUT2D eigenvalue weighted by atomic mass is 10.1. The van der Waals surface area contributed by atoms with Gasteiger partial charge < -0.3 is 10.1 Å². The van der Waals surface area contributed by atoms with Gasteiger partial charge in [0, 0.05) is 29.8 Å². The van der Waals surface area contributed by atoms with Crippen LogP contribution in [0.5, 0.6) is 5.75 Å². The number of hydrogen-bond donors (Lipinski definition) is 1. The summed E-state index contributed by atoms with van der Waals surface area (Å²) < 4.78 is 5.24. The molecule has 0 heterocycles. The average molecular weight is 394 g/mol. The van der Waals surface area contributed by atoms with Crippen molar-refractivity contribution in [2.45, 2.75) is 24.3 Å². The number of ketones is 1. The molecule has 0 aliphatic carbocycles. The third-order valence-corrected chi connectivity index (χ3v) is 5.34. The molecule has 3 rings (SSSR count). The summed E-state index contributed by atoms with van der Waals surface area (Å²) in [6, 6.07) is 19.4. The van der Waals surface area contributed by atoms with E-state index in [1.54, 1.807) is 18.9 Å². The van der Waals surface area contributed by atoms with Crippen molar-refractivity contribution in [3.05, 3.63) is 71.8 Å². The Labute approximate surface area is 169 Å². The Balaban J connectivity index is 1.50. The first-order chi connectivity index (χ1) is 13.6. The smallest absolute Gasteiger partial charge is 0.220 e. The molecule has 0 aliphatic heterocycles. The number of hydrogen-bond acceptors (Lipinski definition) is 4. The van der Waals surface area contributed by atoms with E-state index in [4.69, 9.17) is 4.74 Å².